The second-order valence-electron chi connectivity index (χ2n) is 19.7. The van der Waals surface area contributed by atoms with Crippen LogP contribution >= 0.6 is 0 Å². The van der Waals surface area contributed by atoms with E-state index in [2.05, 4.69) is 10.6 Å². The van der Waals surface area contributed by atoms with E-state index in [0.717, 1.165) is 13.8 Å². The maximum absolute atomic E-state index is 13.4. The highest BCUT2D eigenvalue weighted by molar-refractivity contribution is 5.76. The van der Waals surface area contributed by atoms with Crippen LogP contribution in [-0.2, 0) is 66.5 Å². The number of aliphatic carboxylic acids is 1. The van der Waals surface area contributed by atoms with Crippen molar-refractivity contribution in [2.24, 2.45) is 0 Å². The number of aliphatic hydroxyl groups is 18. The van der Waals surface area contributed by atoms with E-state index in [1.165, 1.54) is 6.92 Å². The van der Waals surface area contributed by atoms with Crippen LogP contribution in [0.2, 0.25) is 0 Å². The molecule has 0 radical (unpaired) electrons. The van der Waals surface area contributed by atoms with Gasteiger partial charge < -0.3 is 160 Å². The molecule has 452 valence electrons. The molecule has 0 spiro atoms. The molecule has 6 aliphatic rings. The molecule has 31 atom stereocenters. The summed E-state index contributed by atoms with van der Waals surface area (Å²) < 4.78 is 64.3. The first kappa shape index (κ1) is 64.4. The molecule has 2 amide bonds. The van der Waals surface area contributed by atoms with Crippen LogP contribution in [0.4, 0.5) is 0 Å². The predicted molar refractivity (Wildman–Crippen MR) is 238 cm³/mol. The molecule has 6 rings (SSSR count). The van der Waals surface area contributed by atoms with Gasteiger partial charge in [0.15, 0.2) is 31.5 Å². The van der Waals surface area contributed by atoms with E-state index in [-0.39, 0.29) is 0 Å². The second kappa shape index (κ2) is 27.1. The van der Waals surface area contributed by atoms with Crippen molar-refractivity contribution in [2.45, 2.75) is 217 Å². The minimum atomic E-state index is -3.19. The molecule has 0 unspecified atom stereocenters. The highest BCUT2D eigenvalue weighted by Crippen LogP contribution is 2.39. The van der Waals surface area contributed by atoms with Crippen molar-refractivity contribution < 1.29 is 164 Å². The van der Waals surface area contributed by atoms with Crippen molar-refractivity contribution in [3.05, 3.63) is 0 Å². The number of carbonyl (C=O) groups is 3. The highest BCUT2D eigenvalue weighted by atomic mass is 16.8. The molecule has 0 saturated carbocycles. The lowest BCUT2D eigenvalue weighted by molar-refractivity contribution is -0.395. The Labute approximate surface area is 441 Å². The molecular formula is C43H72N2O33. The Bertz CT molecular complexity index is 1950. The van der Waals surface area contributed by atoms with Gasteiger partial charge in [-0.05, 0) is 6.92 Å². The number of rotatable bonds is 20. The number of carbonyl (C=O) groups excluding carboxylic acids is 2. The largest absolute Gasteiger partial charge is 0.477 e. The molecule has 0 aromatic heterocycles. The summed E-state index contributed by atoms with van der Waals surface area (Å²) in [6, 6.07) is -3.74. The third-order valence-corrected chi connectivity index (χ3v) is 14.2. The number of nitrogens with one attached hydrogen (secondary N) is 2. The summed E-state index contributed by atoms with van der Waals surface area (Å²) in [5, 5.41) is 209. The standard InChI is InChI=1S/C43H72N2O33/c1-10-21(54)25(58)29(62)39(69-10)75-33-18(9-68-43(42(66)67)4-13(52)19(44-11(2)50)34(78-43)22(55)14(53)5-46)73-38(20(45-12(3)51)35(33)76-40-30(63)26(59)23(56)15(6-47)71-40)77-36-24(57)16(7-48)72-41(31(36)64)74-32-17(8-49)70-37(65)28(61)27(32)60/h10,13-41,46-49,52-65H,4-9H2,1-3H3,(H,44,50)(H,45,51)(H,66,67)/t10-,13-,14+,15+,16+,17+,18+,19+,20+,21+,22+,23-,24-,25+,26-,27+,28+,29-,30+,31+,32+,33+,34+,35+,36-,37+,38-,39-,40-,41-,43+/m0/s1. The van der Waals surface area contributed by atoms with Gasteiger partial charge >= 0.3 is 5.97 Å². The fourth-order valence-corrected chi connectivity index (χ4v) is 9.85. The van der Waals surface area contributed by atoms with Crippen LogP contribution in [0.3, 0.4) is 0 Å². The van der Waals surface area contributed by atoms with Crippen LogP contribution in [0.25, 0.3) is 0 Å². The quantitative estimate of drug-likeness (QED) is 0.0538. The van der Waals surface area contributed by atoms with Crippen LogP contribution in [-0.4, -0.2) is 338 Å². The Morgan fingerprint density at radius 2 is 1.04 bits per heavy atom. The molecule has 0 aromatic carbocycles. The first-order valence-electron chi connectivity index (χ1n) is 24.6. The van der Waals surface area contributed by atoms with Gasteiger partial charge in [0.25, 0.3) is 5.79 Å². The zero-order chi connectivity index (χ0) is 58.0. The van der Waals surface area contributed by atoms with E-state index in [1.807, 2.05) is 0 Å². The molecule has 35 nitrogen and oxygen atoms in total. The number of aliphatic hydroxyl groups excluding tert-OH is 18. The van der Waals surface area contributed by atoms with Crippen molar-refractivity contribution in [1.29, 1.82) is 0 Å². The third-order valence-electron chi connectivity index (χ3n) is 14.2. The van der Waals surface area contributed by atoms with Gasteiger partial charge in [-0.3, -0.25) is 9.59 Å². The molecule has 0 bridgehead atoms. The normalized spacial score (nSPS) is 48.1. The number of amides is 2. The van der Waals surface area contributed by atoms with Gasteiger partial charge in [-0.1, -0.05) is 0 Å². The van der Waals surface area contributed by atoms with E-state index in [9.17, 15) is 111 Å². The lowest BCUT2D eigenvalue weighted by Crippen LogP contribution is -2.72. The van der Waals surface area contributed by atoms with Crippen LogP contribution < -0.4 is 10.6 Å². The van der Waals surface area contributed by atoms with Gasteiger partial charge in [0.05, 0.1) is 51.3 Å². The zero-order valence-corrected chi connectivity index (χ0v) is 41.8. The summed E-state index contributed by atoms with van der Waals surface area (Å²) in [6.45, 7) is -2.46. The lowest BCUT2D eigenvalue weighted by Gasteiger charge is -2.52. The molecule has 6 saturated heterocycles. The van der Waals surface area contributed by atoms with E-state index in [4.69, 9.17) is 52.1 Å². The predicted octanol–water partition coefficient (Wildman–Crippen LogP) is -13.6. The summed E-state index contributed by atoms with van der Waals surface area (Å²) in [5.74, 6) is -7.11. The minimum absolute atomic E-state index is 0.849. The van der Waals surface area contributed by atoms with Gasteiger partial charge in [-0.15, -0.1) is 0 Å². The van der Waals surface area contributed by atoms with Crippen molar-refractivity contribution in [3.8, 4) is 0 Å². The SMILES string of the molecule is CC(=O)N[C@H]1[C@H](O[C@H]2[C@@H](O)[C@@H](CO)O[C@@H](O[C@H]3[C@H](O)[C@@H](O)[C@H](O)O[C@@H]3CO)[C@@H]2O)O[C@H](CO[C@]2(C(=O)O)C[C@H](O)[C@@H](NC(C)=O)[C@H]([C@H](O)[C@H](O)CO)O2)[C@@H](O[C@@H]2O[C@@H](C)[C@@H](O)[C@@H](O)[C@@H]2O)[C@@H]1O[C@@H]1O[C@H](CO)[C@H](O)[C@H](O)[C@H]1O. The van der Waals surface area contributed by atoms with Crippen LogP contribution in [0, 0.1) is 0 Å². The highest BCUT2D eigenvalue weighted by Gasteiger charge is 2.61. The summed E-state index contributed by atoms with van der Waals surface area (Å²) in [5.41, 5.74) is 0. The van der Waals surface area contributed by atoms with Crippen molar-refractivity contribution >= 4 is 17.8 Å². The molecular weight excluding hydrogens is 1070 g/mol. The van der Waals surface area contributed by atoms with Crippen LogP contribution in [0.15, 0.2) is 0 Å². The monoisotopic (exact) mass is 1140 g/mol. The maximum Gasteiger partial charge on any atom is 0.364 e. The molecule has 6 heterocycles. The first-order chi connectivity index (χ1) is 36.6. The summed E-state index contributed by atoms with van der Waals surface area (Å²) >= 11 is 0. The van der Waals surface area contributed by atoms with E-state index < -0.39 is 247 Å². The fourth-order valence-electron chi connectivity index (χ4n) is 9.85. The number of ether oxygens (including phenoxy) is 11. The lowest BCUT2D eigenvalue weighted by atomic mass is 9.88. The average Bonchev–Trinajstić information content (AvgIpc) is 3.40. The Kier molecular flexibility index (Phi) is 22.4. The molecule has 0 aliphatic carbocycles. The number of carboxylic acid groups (broad SMARTS) is 1. The van der Waals surface area contributed by atoms with Gasteiger partial charge in [-0.2, -0.15) is 0 Å². The van der Waals surface area contributed by atoms with Crippen LogP contribution in [0.1, 0.15) is 27.2 Å². The Balaban J connectivity index is 1.48. The molecule has 6 aliphatic heterocycles. The van der Waals surface area contributed by atoms with E-state index in [1.54, 1.807) is 0 Å². The van der Waals surface area contributed by atoms with Gasteiger partial charge in [0.2, 0.25) is 11.8 Å². The minimum Gasteiger partial charge on any atom is -0.477 e. The van der Waals surface area contributed by atoms with Crippen molar-refractivity contribution in [1.82, 2.24) is 10.6 Å². The zero-order valence-electron chi connectivity index (χ0n) is 41.8. The molecule has 6 fully saturated rings. The van der Waals surface area contributed by atoms with Crippen molar-refractivity contribution in [2.75, 3.05) is 33.0 Å². The molecule has 21 N–H and O–H groups in total. The second-order valence-corrected chi connectivity index (χ2v) is 19.7. The van der Waals surface area contributed by atoms with Gasteiger partial charge in [0.1, 0.15) is 134 Å². The summed E-state index contributed by atoms with van der Waals surface area (Å²) in [4.78, 5) is 38.9. The number of hydrogen-bond donors (Lipinski definition) is 21. The van der Waals surface area contributed by atoms with Crippen LogP contribution in [0.5, 0.6) is 0 Å². The Morgan fingerprint density at radius 1 is 0.538 bits per heavy atom. The third kappa shape index (κ3) is 13.7. The topological polar surface area (TPSA) is 561 Å². The summed E-state index contributed by atoms with van der Waals surface area (Å²) in [6.07, 6.45) is -58.7. The van der Waals surface area contributed by atoms with E-state index >= 15 is 0 Å². The van der Waals surface area contributed by atoms with E-state index in [0.29, 0.717) is 0 Å². The van der Waals surface area contributed by atoms with Gasteiger partial charge in [-0.25, -0.2) is 4.79 Å². The maximum atomic E-state index is 13.4. The first-order valence-corrected chi connectivity index (χ1v) is 24.6. The fraction of sp³-hybridized carbons (Fsp3) is 0.930. The number of carboxylic acids is 1. The summed E-state index contributed by atoms with van der Waals surface area (Å²) in [7, 11) is 0. The molecule has 78 heavy (non-hydrogen) atoms. The smallest absolute Gasteiger partial charge is 0.364 e. The average molecular weight is 1150 g/mol. The Morgan fingerprint density at radius 3 is 1.60 bits per heavy atom. The number of hydrogen-bond acceptors (Lipinski definition) is 32. The molecule has 0 aromatic rings. The van der Waals surface area contributed by atoms with Gasteiger partial charge in [0, 0.05) is 20.3 Å². The Hall–Kier alpha value is -2.75. The van der Waals surface area contributed by atoms with Crippen molar-refractivity contribution in [3.63, 3.8) is 0 Å². The molecule has 35 heteroatoms.